The minimum absolute atomic E-state index is 0.0803. The van der Waals surface area contributed by atoms with Crippen molar-refractivity contribution in [3.63, 3.8) is 0 Å². The topological polar surface area (TPSA) is 125 Å². The van der Waals surface area contributed by atoms with Gasteiger partial charge in [-0.1, -0.05) is 18.2 Å². The van der Waals surface area contributed by atoms with Crippen LogP contribution in [-0.2, 0) is 9.59 Å². The standard InChI is InChI=1S/C20H16N2O6S/c23-17(24)8-9-28-15-6-4-12(5-7-15)10-16-18(25)22-20(29-16)21-14-3-1-2-13(11-14)19(26)27/h1-7,10-11H,8-9H2,(H,23,24)(H,26,27)(H,21,22,25)/b16-10-. The largest absolute Gasteiger partial charge is 0.493 e. The molecule has 0 bridgehead atoms. The molecule has 1 heterocycles. The van der Waals surface area contributed by atoms with Crippen LogP contribution in [0.1, 0.15) is 22.3 Å². The number of amides is 1. The summed E-state index contributed by atoms with van der Waals surface area (Å²) in [5.41, 5.74) is 1.31. The van der Waals surface area contributed by atoms with E-state index in [9.17, 15) is 14.4 Å². The van der Waals surface area contributed by atoms with E-state index in [0.29, 0.717) is 21.5 Å². The Hall–Kier alpha value is -3.59. The van der Waals surface area contributed by atoms with Crippen LogP contribution in [0.2, 0.25) is 0 Å². The first-order valence-electron chi connectivity index (χ1n) is 8.48. The zero-order chi connectivity index (χ0) is 20.8. The predicted octanol–water partition coefficient (Wildman–Crippen LogP) is 3.13. The number of carboxylic acids is 2. The number of nitrogens with zero attached hydrogens (tertiary/aromatic N) is 1. The van der Waals surface area contributed by atoms with Crippen LogP contribution in [-0.4, -0.2) is 39.8 Å². The fourth-order valence-corrected chi connectivity index (χ4v) is 3.22. The number of aliphatic imine (C=N–C) groups is 1. The van der Waals surface area contributed by atoms with Crippen LogP contribution >= 0.6 is 11.8 Å². The summed E-state index contributed by atoms with van der Waals surface area (Å²) >= 11 is 1.15. The lowest BCUT2D eigenvalue weighted by Crippen LogP contribution is -2.19. The van der Waals surface area contributed by atoms with Crippen molar-refractivity contribution in [2.75, 3.05) is 6.61 Å². The van der Waals surface area contributed by atoms with Gasteiger partial charge in [-0.05, 0) is 53.7 Å². The second kappa shape index (κ2) is 9.07. The summed E-state index contributed by atoms with van der Waals surface area (Å²) in [4.78, 5) is 38.4. The number of aliphatic carboxylic acids is 1. The van der Waals surface area contributed by atoms with E-state index in [1.807, 2.05) is 0 Å². The molecule has 29 heavy (non-hydrogen) atoms. The van der Waals surface area contributed by atoms with E-state index in [4.69, 9.17) is 14.9 Å². The number of amidine groups is 1. The monoisotopic (exact) mass is 412 g/mol. The molecule has 0 radical (unpaired) electrons. The number of carbonyl (C=O) groups is 3. The van der Waals surface area contributed by atoms with Crippen LogP contribution in [0.5, 0.6) is 5.75 Å². The zero-order valence-corrected chi connectivity index (χ0v) is 15.8. The minimum Gasteiger partial charge on any atom is -0.493 e. The molecular weight excluding hydrogens is 396 g/mol. The highest BCUT2D eigenvalue weighted by Crippen LogP contribution is 2.28. The molecule has 2 aromatic carbocycles. The van der Waals surface area contributed by atoms with Gasteiger partial charge in [0, 0.05) is 0 Å². The van der Waals surface area contributed by atoms with Gasteiger partial charge in [-0.25, -0.2) is 9.79 Å². The Morgan fingerprint density at radius 3 is 2.59 bits per heavy atom. The molecule has 0 aromatic heterocycles. The fraction of sp³-hybridized carbons (Fsp3) is 0.100. The highest BCUT2D eigenvalue weighted by Gasteiger charge is 2.23. The molecular formula is C20H16N2O6S. The number of ether oxygens (including phenoxy) is 1. The van der Waals surface area contributed by atoms with Crippen molar-refractivity contribution in [3.05, 3.63) is 64.6 Å². The van der Waals surface area contributed by atoms with Crippen molar-refractivity contribution < 1.29 is 29.3 Å². The molecule has 9 heteroatoms. The maximum Gasteiger partial charge on any atom is 0.335 e. The smallest absolute Gasteiger partial charge is 0.335 e. The summed E-state index contributed by atoms with van der Waals surface area (Å²) in [5.74, 6) is -1.74. The summed E-state index contributed by atoms with van der Waals surface area (Å²) < 4.78 is 5.33. The lowest BCUT2D eigenvalue weighted by molar-refractivity contribution is -0.137. The molecule has 1 amide bonds. The molecule has 1 aliphatic rings. The number of aromatic carboxylic acids is 1. The quantitative estimate of drug-likeness (QED) is 0.597. The van der Waals surface area contributed by atoms with E-state index in [0.717, 1.165) is 17.3 Å². The average Bonchev–Trinajstić information content (AvgIpc) is 3.02. The van der Waals surface area contributed by atoms with Gasteiger partial charge >= 0.3 is 11.9 Å². The van der Waals surface area contributed by atoms with Crippen molar-refractivity contribution in [1.82, 2.24) is 5.32 Å². The van der Waals surface area contributed by atoms with Gasteiger partial charge in [0.15, 0.2) is 5.17 Å². The van der Waals surface area contributed by atoms with Crippen LogP contribution in [0.25, 0.3) is 6.08 Å². The summed E-state index contributed by atoms with van der Waals surface area (Å²) in [7, 11) is 0. The number of carboxylic acid groups (broad SMARTS) is 2. The normalized spacial score (nSPS) is 16.1. The van der Waals surface area contributed by atoms with Crippen molar-refractivity contribution >= 4 is 46.5 Å². The summed E-state index contributed by atoms with van der Waals surface area (Å²) in [6, 6.07) is 13.0. The van der Waals surface area contributed by atoms with E-state index in [2.05, 4.69) is 10.3 Å². The predicted molar refractivity (Wildman–Crippen MR) is 108 cm³/mol. The molecule has 3 N–H and O–H groups in total. The molecule has 0 unspecified atom stereocenters. The Bertz CT molecular complexity index is 1010. The number of carbonyl (C=O) groups excluding carboxylic acids is 1. The van der Waals surface area contributed by atoms with Crippen LogP contribution in [0.3, 0.4) is 0 Å². The van der Waals surface area contributed by atoms with Gasteiger partial charge in [0.1, 0.15) is 5.75 Å². The molecule has 0 saturated carbocycles. The number of benzene rings is 2. The third-order valence-electron chi connectivity index (χ3n) is 3.74. The number of nitrogens with one attached hydrogen (secondary N) is 1. The van der Waals surface area contributed by atoms with Gasteiger partial charge in [0.2, 0.25) is 0 Å². The Morgan fingerprint density at radius 2 is 1.90 bits per heavy atom. The SMILES string of the molecule is O=C(O)CCOc1ccc(/C=C2\SC(=Nc3cccc(C(=O)O)c3)NC2=O)cc1. The molecule has 3 rings (SSSR count). The second-order valence-corrected chi connectivity index (χ2v) is 6.93. The van der Waals surface area contributed by atoms with Crippen molar-refractivity contribution in [2.24, 2.45) is 4.99 Å². The van der Waals surface area contributed by atoms with E-state index < -0.39 is 11.9 Å². The number of hydrogen-bond acceptors (Lipinski definition) is 6. The molecule has 1 saturated heterocycles. The minimum atomic E-state index is -1.05. The number of rotatable bonds is 7. The van der Waals surface area contributed by atoms with Crippen LogP contribution in [0.4, 0.5) is 5.69 Å². The molecule has 0 atom stereocenters. The van der Waals surface area contributed by atoms with Gasteiger partial charge in [0.25, 0.3) is 5.91 Å². The first kappa shape index (κ1) is 20.2. The van der Waals surface area contributed by atoms with E-state index in [-0.39, 0.29) is 24.5 Å². The Kier molecular flexibility index (Phi) is 6.30. The highest BCUT2D eigenvalue weighted by atomic mass is 32.2. The maximum atomic E-state index is 12.2. The molecule has 0 aliphatic carbocycles. The van der Waals surface area contributed by atoms with Crippen molar-refractivity contribution in [2.45, 2.75) is 6.42 Å². The first-order valence-corrected chi connectivity index (χ1v) is 9.30. The molecule has 8 nitrogen and oxygen atoms in total. The summed E-state index contributed by atoms with van der Waals surface area (Å²) in [5, 5.41) is 20.7. The van der Waals surface area contributed by atoms with Crippen LogP contribution in [0, 0.1) is 0 Å². The molecule has 2 aromatic rings. The second-order valence-electron chi connectivity index (χ2n) is 5.90. The Balaban J connectivity index is 1.68. The maximum absolute atomic E-state index is 12.2. The number of thioether (sulfide) groups is 1. The molecule has 1 fully saturated rings. The lowest BCUT2D eigenvalue weighted by atomic mass is 10.2. The van der Waals surface area contributed by atoms with Crippen LogP contribution < -0.4 is 10.1 Å². The van der Waals surface area contributed by atoms with E-state index >= 15 is 0 Å². The average molecular weight is 412 g/mol. The van der Waals surface area contributed by atoms with Gasteiger partial charge in [-0.15, -0.1) is 0 Å². The Morgan fingerprint density at radius 1 is 1.14 bits per heavy atom. The van der Waals surface area contributed by atoms with Gasteiger partial charge in [-0.3, -0.25) is 9.59 Å². The third kappa shape index (κ3) is 5.69. The lowest BCUT2D eigenvalue weighted by Gasteiger charge is -2.04. The number of hydrogen-bond donors (Lipinski definition) is 3. The molecule has 148 valence electrons. The summed E-state index contributed by atoms with van der Waals surface area (Å²) in [6.45, 7) is 0.0803. The van der Waals surface area contributed by atoms with E-state index in [1.54, 1.807) is 42.5 Å². The first-order chi connectivity index (χ1) is 13.9. The van der Waals surface area contributed by atoms with Crippen molar-refractivity contribution in [3.8, 4) is 5.75 Å². The molecule has 0 spiro atoms. The fourth-order valence-electron chi connectivity index (χ4n) is 2.37. The zero-order valence-electron chi connectivity index (χ0n) is 15.0. The third-order valence-corrected chi connectivity index (χ3v) is 4.65. The van der Waals surface area contributed by atoms with Crippen LogP contribution in [0.15, 0.2) is 58.4 Å². The van der Waals surface area contributed by atoms with Crippen molar-refractivity contribution in [1.29, 1.82) is 0 Å². The summed E-state index contributed by atoms with van der Waals surface area (Å²) in [6.07, 6.45) is 1.61. The molecule has 1 aliphatic heterocycles. The van der Waals surface area contributed by atoms with Gasteiger partial charge in [0.05, 0.1) is 29.2 Å². The highest BCUT2D eigenvalue weighted by molar-refractivity contribution is 8.18. The van der Waals surface area contributed by atoms with E-state index in [1.165, 1.54) is 12.1 Å². The Labute approximate surface area is 169 Å². The van der Waals surface area contributed by atoms with Gasteiger partial charge < -0.3 is 20.3 Å². The van der Waals surface area contributed by atoms with Gasteiger partial charge in [-0.2, -0.15) is 0 Å².